The van der Waals surface area contributed by atoms with E-state index < -0.39 is 249 Å². The molecule has 15 unspecified atom stereocenters. The first-order valence-electron chi connectivity index (χ1n) is 32.7. The molecule has 0 spiro atoms. The monoisotopic (exact) mass is 1500 g/mol. The highest BCUT2D eigenvalue weighted by atomic mass is 16.6. The molecule has 0 bridgehead atoms. The van der Waals surface area contributed by atoms with Gasteiger partial charge in [0.05, 0.1) is 38.4 Å². The Balaban J connectivity index is 1.54. The zero-order valence-electron chi connectivity index (χ0n) is 57.1. The molecule has 1 saturated heterocycles. The number of carbonyl (C=O) groups excluding carboxylic acids is 1. The predicted octanol–water partition coefficient (Wildman–Crippen LogP) is 4.66. The summed E-state index contributed by atoms with van der Waals surface area (Å²) < 4.78 is 11.4. The van der Waals surface area contributed by atoms with Crippen LogP contribution in [-0.2, 0) is 46.3 Å². The number of hydrogen-bond donors (Lipinski definition) is 22. The first kappa shape index (κ1) is 81.7. The van der Waals surface area contributed by atoms with Crippen molar-refractivity contribution in [3.63, 3.8) is 0 Å². The second kappa shape index (κ2) is 37.2. The third-order valence-corrected chi connectivity index (χ3v) is 16.4. The Bertz CT molecular complexity index is 4410. The van der Waals surface area contributed by atoms with Crippen molar-refractivity contribution in [2.24, 2.45) is 60.8 Å². The maximum Gasteiger partial charge on any atom is 0.331 e. The predicted molar refractivity (Wildman–Crippen MR) is 385 cm³/mol. The number of carbonyl (C=O) groups is 5. The summed E-state index contributed by atoms with van der Waals surface area (Å²) in [5.74, 6) is -26.2. The number of esters is 1. The highest BCUT2D eigenvalue weighted by molar-refractivity contribution is 5.98. The molecule has 15 atom stereocenters. The Labute approximate surface area is 604 Å². The van der Waals surface area contributed by atoms with Crippen molar-refractivity contribution in [1.29, 1.82) is 5.41 Å². The molecule has 4 heterocycles. The number of fused-ring (bicyclic) bond motifs is 2. The van der Waals surface area contributed by atoms with Crippen LogP contribution in [0.5, 0.6) is 5.75 Å². The van der Waals surface area contributed by atoms with Crippen LogP contribution in [0, 0.1) is 11.3 Å². The average Bonchev–Trinajstić information content (AvgIpc) is 1.78. The number of aliphatic imine (C=N–C) groups is 11. The summed E-state index contributed by atoms with van der Waals surface area (Å²) >= 11 is 0. The summed E-state index contributed by atoms with van der Waals surface area (Å²) in [6, 6.07) is -4.74. The van der Waals surface area contributed by atoms with Crippen LogP contribution in [-0.4, -0.2) is 300 Å². The molecule has 2 aromatic heterocycles. The number of para-hydroxylation sites is 2. The number of ether oxygens (including phenoxy) is 2. The van der Waals surface area contributed by atoms with E-state index in [0.29, 0.717) is 34.6 Å². The van der Waals surface area contributed by atoms with Gasteiger partial charge in [-0.05, 0) is 60.2 Å². The number of aliphatic carboxylic acids is 4. The molecule has 2 aliphatic heterocycles. The summed E-state index contributed by atoms with van der Waals surface area (Å²) in [5, 5.41) is 220. The largest absolute Gasteiger partial charge is 0.508 e. The molecule has 107 heavy (non-hydrogen) atoms. The third-order valence-electron chi connectivity index (χ3n) is 16.4. The number of epoxide rings is 1. The molecule has 574 valence electrons. The molecule has 0 amide bonds. The summed E-state index contributed by atoms with van der Waals surface area (Å²) in [6.07, 6.45) is -8.26. The molecule has 0 aliphatic carbocycles. The molecule has 3 aromatic carbocycles. The van der Waals surface area contributed by atoms with Crippen LogP contribution in [0.25, 0.3) is 21.8 Å². The van der Waals surface area contributed by atoms with Gasteiger partial charge in [-0.3, -0.25) is 24.6 Å². The maximum absolute atomic E-state index is 15.1. The Hall–Kier alpha value is -12.6. The zero-order chi connectivity index (χ0) is 78.7. The van der Waals surface area contributed by atoms with Crippen molar-refractivity contribution in [2.75, 3.05) is 13.2 Å². The Morgan fingerprint density at radius 1 is 0.598 bits per heavy atom. The second-order valence-corrected chi connectivity index (χ2v) is 24.6. The lowest BCUT2D eigenvalue weighted by atomic mass is 9.97. The standard InChI is InChI=1S/C67H80N14O26/c1-4-9-44-55(107-44)66(104)77-43(27-82)61(99)80-51-29(3)106-67(105)42(20-32-25-70-37-13-8-6-11-35(32)37)76-62(100)50(28(2)18-46(85)86)79-65(103)53(54(93)56(68)94)78-45(84)26-71-57(95)39(21-47(87)88)75-64(102)52(30-14-16-33(83)17-15-30)81-60(98)41(23-49(91)92)73-59(97)40(22-48(89)90)72-58(96)38(74-63(51)101)19-31-24-69-36-12-7-5-10-34(31)36/h5-8,10-17,24-25,28-29,38-44,50-55,69-70,82-83,93H,4,9,18-23,26-27H2,1-3H3,(H2,68,94)(H,71,95)(H,72,96)(H,73,97)(H,74,101)(H,75,102)(H,76,100)(H,77,104)(H,78,84)(H,79,103)(H,80,99)(H,81,98)(H,85,86)(H,87,88)(H,89,90)(H,91,92). The molecule has 7 rings (SSSR count). The summed E-state index contributed by atoms with van der Waals surface area (Å²) in [6.45, 7) is 1.62. The molecule has 1 fully saturated rings. The molecule has 40 nitrogen and oxygen atoms in total. The lowest BCUT2D eigenvalue weighted by molar-refractivity contribution is -0.150. The van der Waals surface area contributed by atoms with Crippen molar-refractivity contribution < 1.29 is 130 Å². The average molecular weight is 1500 g/mol. The highest BCUT2D eigenvalue weighted by Crippen LogP contribution is 2.30. The van der Waals surface area contributed by atoms with Gasteiger partial charge in [0.25, 0.3) is 0 Å². The Kier molecular flexibility index (Phi) is 28.4. The van der Waals surface area contributed by atoms with Crippen LogP contribution in [0.2, 0.25) is 0 Å². The minimum absolute atomic E-state index is 0.260. The van der Waals surface area contributed by atoms with E-state index in [1.54, 1.807) is 48.5 Å². The summed E-state index contributed by atoms with van der Waals surface area (Å²) in [7, 11) is 0. The number of benzene rings is 3. The van der Waals surface area contributed by atoms with Gasteiger partial charge in [-0.25, -0.2) is 59.7 Å². The number of aromatic nitrogens is 2. The number of phenolic OH excluding ortho intramolecular Hbond substituents is 1. The van der Waals surface area contributed by atoms with Crippen LogP contribution in [0.1, 0.15) is 82.0 Å². The van der Waals surface area contributed by atoms with Crippen LogP contribution >= 0.6 is 0 Å². The van der Waals surface area contributed by atoms with E-state index in [2.05, 4.69) is 64.9 Å². The lowest BCUT2D eigenvalue weighted by Crippen LogP contribution is -2.42. The van der Waals surface area contributed by atoms with Crippen LogP contribution < -0.4 is 0 Å². The molecular weight excluding hydrogens is 1420 g/mol. The minimum Gasteiger partial charge on any atom is -0.508 e. The Morgan fingerprint density at radius 3 is 1.63 bits per heavy atom. The molecule has 22 N–H and O–H groups in total. The highest BCUT2D eigenvalue weighted by Gasteiger charge is 2.44. The fourth-order valence-corrected chi connectivity index (χ4v) is 11.0. The first-order valence-corrected chi connectivity index (χ1v) is 32.7. The number of aliphatic hydroxyl groups excluding tert-OH is 14. The topological polar surface area (TPSA) is 683 Å². The van der Waals surface area contributed by atoms with E-state index in [4.69, 9.17) is 14.9 Å². The fourth-order valence-electron chi connectivity index (χ4n) is 11.0. The van der Waals surface area contributed by atoms with Crippen LogP contribution in [0.3, 0.4) is 0 Å². The minimum atomic E-state index is -2.69. The van der Waals surface area contributed by atoms with Crippen LogP contribution in [0.15, 0.2) is 140 Å². The maximum atomic E-state index is 15.1. The van der Waals surface area contributed by atoms with Gasteiger partial charge in [-0.1, -0.05) is 68.8 Å². The fraction of sp³-hybridized carbons (Fsp3) is 0.418. The van der Waals surface area contributed by atoms with Gasteiger partial charge in [0, 0.05) is 47.0 Å². The smallest absolute Gasteiger partial charge is 0.331 e. The normalized spacial score (nSPS) is 24.9. The molecule has 0 radical (unpaired) electrons. The zero-order valence-corrected chi connectivity index (χ0v) is 57.1. The van der Waals surface area contributed by atoms with Crippen LogP contribution in [0.4, 0.5) is 0 Å². The number of rotatable bonds is 23. The number of cyclic esters (lactones) is 1. The van der Waals surface area contributed by atoms with Crippen molar-refractivity contribution in [2.45, 2.75) is 157 Å². The number of carboxylic acid groups (broad SMARTS) is 4. The van der Waals surface area contributed by atoms with Crippen molar-refractivity contribution in [1.82, 2.24) is 9.97 Å². The first-order chi connectivity index (χ1) is 50.7. The van der Waals surface area contributed by atoms with E-state index in [1.165, 1.54) is 12.4 Å². The number of aromatic hydroxyl groups is 1. The quantitative estimate of drug-likeness (QED) is 0.0183. The Morgan fingerprint density at radius 2 is 1.09 bits per heavy atom. The molecule has 40 heteroatoms. The third kappa shape index (κ3) is 22.7. The number of H-pyrrole nitrogens is 2. The number of nitrogens with zero attached hydrogens (tertiary/aromatic N) is 11. The second-order valence-electron chi connectivity index (χ2n) is 24.6. The molecule has 2 aliphatic rings. The van der Waals surface area contributed by atoms with Gasteiger partial charge in [-0.2, -0.15) is 0 Å². The number of carboxylic acids is 4. The van der Waals surface area contributed by atoms with Gasteiger partial charge in [0.1, 0.15) is 48.6 Å². The van der Waals surface area contributed by atoms with E-state index in [-0.39, 0.29) is 16.7 Å². The molecule has 5 aromatic rings. The van der Waals surface area contributed by atoms with Gasteiger partial charge in [-0.15, -0.1) is 0 Å². The van der Waals surface area contributed by atoms with Crippen molar-refractivity contribution >= 4 is 122 Å². The van der Waals surface area contributed by atoms with Crippen molar-refractivity contribution in [3.05, 3.63) is 102 Å². The molecule has 0 saturated carbocycles. The van der Waals surface area contributed by atoms with E-state index in [1.807, 2.05) is 6.92 Å². The van der Waals surface area contributed by atoms with Gasteiger partial charge < -0.3 is 116 Å². The van der Waals surface area contributed by atoms with Gasteiger partial charge in [0.15, 0.2) is 42.4 Å². The van der Waals surface area contributed by atoms with E-state index in [0.717, 1.165) is 38.1 Å². The number of nitrogens with one attached hydrogen (secondary N) is 3. The summed E-state index contributed by atoms with van der Waals surface area (Å²) in [4.78, 5) is 114. The summed E-state index contributed by atoms with van der Waals surface area (Å²) in [5.41, 5.74) is 1.27. The number of aliphatic hydroxyl groups is 14. The van der Waals surface area contributed by atoms with Crippen molar-refractivity contribution in [3.8, 4) is 5.75 Å². The number of aromatic amines is 2. The lowest BCUT2D eigenvalue weighted by Gasteiger charge is -2.24. The van der Waals surface area contributed by atoms with Gasteiger partial charge in [0.2, 0.25) is 70.8 Å². The van der Waals surface area contributed by atoms with E-state index in [9.17, 15) is 116 Å². The SMILES string of the molecule is CCCC1OC1C(O)=NC(CO)C(O)=NC1C(O)=NC(Cc2c[nH]c3ccccc23)C(O)=NC(CC(=O)O)C(O)=NC(CC(=O)O)C(O)=NC(c2ccc(O)cc2)C(O)=NC(CC(=O)O)C(O)=NCC(O)=NC(C(O)C(=N)O)C(O)=NC(C(C)CC(=O)O)C(O)=NC(Cc2c[nH]c3ccccc23)C(=O)OC1C. The van der Waals surface area contributed by atoms with E-state index >= 15 is 4.79 Å². The van der Waals surface area contributed by atoms with Gasteiger partial charge >= 0.3 is 29.8 Å². The number of hydrogen-bond acceptors (Lipinski definition) is 22. The molecular formula is C67H80N14O26. The number of phenols is 1.